The van der Waals surface area contributed by atoms with E-state index in [2.05, 4.69) is 10.6 Å². The van der Waals surface area contributed by atoms with Gasteiger partial charge in [0.1, 0.15) is 0 Å². The first kappa shape index (κ1) is 14.7. The van der Waals surface area contributed by atoms with E-state index in [9.17, 15) is 9.59 Å². The van der Waals surface area contributed by atoms with Crippen molar-refractivity contribution in [2.75, 3.05) is 19.7 Å². The molecule has 2 amide bonds. The van der Waals surface area contributed by atoms with Gasteiger partial charge in [-0.05, 0) is 25.0 Å². The number of hydrogen-bond acceptors (Lipinski definition) is 4. The Morgan fingerprint density at radius 1 is 1.39 bits per heavy atom. The van der Waals surface area contributed by atoms with Gasteiger partial charge in [-0.2, -0.15) is 0 Å². The van der Waals surface area contributed by atoms with Crippen LogP contribution < -0.4 is 10.6 Å². The van der Waals surface area contributed by atoms with Crippen LogP contribution in [0.4, 0.5) is 0 Å². The molecule has 0 bridgehead atoms. The van der Waals surface area contributed by atoms with Crippen LogP contribution in [-0.4, -0.2) is 36.6 Å². The predicted octanol–water partition coefficient (Wildman–Crippen LogP) is 0.531. The zero-order valence-electron chi connectivity index (χ0n) is 10.5. The first-order valence-electron chi connectivity index (χ1n) is 5.75. The van der Waals surface area contributed by atoms with Gasteiger partial charge >= 0.3 is 0 Å². The van der Waals surface area contributed by atoms with Gasteiger partial charge in [-0.3, -0.25) is 9.59 Å². The van der Waals surface area contributed by atoms with Gasteiger partial charge in [0, 0.05) is 18.0 Å². The molecular weight excluding hydrogens is 252 g/mol. The monoisotopic (exact) mass is 270 g/mol. The second-order valence-corrected chi connectivity index (χ2v) is 5.47. The molecule has 1 aromatic heterocycles. The van der Waals surface area contributed by atoms with Crippen LogP contribution in [0.2, 0.25) is 0 Å². The quantitative estimate of drug-likeness (QED) is 0.705. The van der Waals surface area contributed by atoms with Crippen LogP contribution in [0.15, 0.2) is 12.1 Å². The van der Waals surface area contributed by atoms with Gasteiger partial charge in [-0.15, -0.1) is 11.3 Å². The van der Waals surface area contributed by atoms with E-state index in [1.165, 1.54) is 11.3 Å². The van der Waals surface area contributed by atoms with E-state index in [1.807, 2.05) is 19.9 Å². The lowest BCUT2D eigenvalue weighted by Crippen LogP contribution is -2.38. The maximum absolute atomic E-state index is 11.6. The lowest BCUT2D eigenvalue weighted by atomic mass is 10.2. The molecule has 0 radical (unpaired) electrons. The summed E-state index contributed by atoms with van der Waals surface area (Å²) in [5.41, 5.74) is 0. The topological polar surface area (TPSA) is 78.4 Å². The number of aryl methyl sites for hydroxylation is 1. The van der Waals surface area contributed by atoms with Crippen LogP contribution in [0, 0.1) is 12.8 Å². The fourth-order valence-electron chi connectivity index (χ4n) is 1.22. The molecule has 100 valence electrons. The summed E-state index contributed by atoms with van der Waals surface area (Å²) in [5.74, 6) is -0.472. The molecule has 5 nitrogen and oxygen atoms in total. The van der Waals surface area contributed by atoms with Crippen molar-refractivity contribution in [1.82, 2.24) is 10.6 Å². The molecule has 0 fully saturated rings. The van der Waals surface area contributed by atoms with E-state index in [1.54, 1.807) is 6.07 Å². The molecule has 0 aliphatic rings. The van der Waals surface area contributed by atoms with Crippen molar-refractivity contribution < 1.29 is 14.7 Å². The van der Waals surface area contributed by atoms with Gasteiger partial charge in [-0.25, -0.2) is 0 Å². The Morgan fingerprint density at radius 2 is 2.11 bits per heavy atom. The third kappa shape index (κ3) is 4.85. The molecule has 0 aromatic carbocycles. The van der Waals surface area contributed by atoms with Crippen molar-refractivity contribution in [2.24, 2.45) is 5.92 Å². The van der Waals surface area contributed by atoms with Gasteiger partial charge in [0.05, 0.1) is 11.4 Å². The van der Waals surface area contributed by atoms with E-state index in [4.69, 9.17) is 5.11 Å². The third-order valence-electron chi connectivity index (χ3n) is 2.33. The molecule has 1 rings (SSSR count). The van der Waals surface area contributed by atoms with Crippen molar-refractivity contribution in [1.29, 1.82) is 0 Å². The minimum atomic E-state index is -0.253. The Labute approximate surface area is 110 Å². The second kappa shape index (κ2) is 7.13. The molecule has 0 saturated carbocycles. The number of amides is 2. The molecule has 1 heterocycles. The van der Waals surface area contributed by atoms with Crippen molar-refractivity contribution in [3.05, 3.63) is 21.9 Å². The summed E-state index contributed by atoms with van der Waals surface area (Å²) < 4.78 is 0. The molecule has 3 N–H and O–H groups in total. The molecule has 1 unspecified atom stereocenters. The Morgan fingerprint density at radius 3 is 2.67 bits per heavy atom. The van der Waals surface area contributed by atoms with Gasteiger partial charge in [-0.1, -0.05) is 6.92 Å². The SMILES string of the molecule is Cc1ccc(C(=O)NCC(=O)NCC(C)CO)s1. The summed E-state index contributed by atoms with van der Waals surface area (Å²) in [4.78, 5) is 24.7. The summed E-state index contributed by atoms with van der Waals surface area (Å²) in [6.45, 7) is 4.13. The summed E-state index contributed by atoms with van der Waals surface area (Å²) in [6, 6.07) is 3.60. The highest BCUT2D eigenvalue weighted by molar-refractivity contribution is 7.13. The predicted molar refractivity (Wildman–Crippen MR) is 70.6 cm³/mol. The average molecular weight is 270 g/mol. The number of aliphatic hydroxyl groups is 1. The van der Waals surface area contributed by atoms with Crippen LogP contribution >= 0.6 is 11.3 Å². The lowest BCUT2D eigenvalue weighted by Gasteiger charge is -2.09. The average Bonchev–Trinajstić information content (AvgIpc) is 2.79. The summed E-state index contributed by atoms with van der Waals surface area (Å²) in [5, 5.41) is 14.0. The maximum atomic E-state index is 11.6. The smallest absolute Gasteiger partial charge is 0.261 e. The number of hydrogen-bond donors (Lipinski definition) is 3. The largest absolute Gasteiger partial charge is 0.396 e. The van der Waals surface area contributed by atoms with Crippen molar-refractivity contribution >= 4 is 23.2 Å². The number of nitrogens with one attached hydrogen (secondary N) is 2. The van der Waals surface area contributed by atoms with E-state index >= 15 is 0 Å². The number of thiophene rings is 1. The van der Waals surface area contributed by atoms with Crippen LogP contribution in [0.5, 0.6) is 0 Å². The minimum absolute atomic E-state index is 0.0181. The molecule has 1 aromatic rings. The first-order valence-corrected chi connectivity index (χ1v) is 6.56. The van der Waals surface area contributed by atoms with Crippen molar-refractivity contribution in [2.45, 2.75) is 13.8 Å². The highest BCUT2D eigenvalue weighted by Gasteiger charge is 2.10. The fourth-order valence-corrected chi connectivity index (χ4v) is 2.00. The third-order valence-corrected chi connectivity index (χ3v) is 3.33. The summed E-state index contributed by atoms with van der Waals surface area (Å²) in [6.07, 6.45) is 0. The van der Waals surface area contributed by atoms with Gasteiger partial charge < -0.3 is 15.7 Å². The zero-order chi connectivity index (χ0) is 13.5. The highest BCUT2D eigenvalue weighted by Crippen LogP contribution is 2.14. The van der Waals surface area contributed by atoms with Crippen LogP contribution in [0.3, 0.4) is 0 Å². The molecule has 18 heavy (non-hydrogen) atoms. The summed E-state index contributed by atoms with van der Waals surface area (Å²) in [7, 11) is 0. The van der Waals surface area contributed by atoms with E-state index in [0.29, 0.717) is 11.4 Å². The number of carbonyl (C=O) groups is 2. The molecule has 1 atom stereocenters. The fraction of sp³-hybridized carbons (Fsp3) is 0.500. The van der Waals surface area contributed by atoms with Crippen LogP contribution in [0.1, 0.15) is 21.5 Å². The van der Waals surface area contributed by atoms with Gasteiger partial charge in [0.25, 0.3) is 5.91 Å². The van der Waals surface area contributed by atoms with Crippen molar-refractivity contribution in [3.63, 3.8) is 0 Å². The second-order valence-electron chi connectivity index (χ2n) is 4.18. The Hall–Kier alpha value is -1.40. The standard InChI is InChI=1S/C12H18N2O3S/c1-8(7-15)5-13-11(16)6-14-12(17)10-4-3-9(2)18-10/h3-4,8,15H,5-7H2,1-2H3,(H,13,16)(H,14,17). The van der Waals surface area contributed by atoms with Crippen LogP contribution in [0.25, 0.3) is 0 Å². The molecular formula is C12H18N2O3S. The number of carbonyl (C=O) groups excluding carboxylic acids is 2. The number of rotatable bonds is 6. The van der Waals surface area contributed by atoms with E-state index < -0.39 is 0 Å². The van der Waals surface area contributed by atoms with Crippen LogP contribution in [-0.2, 0) is 4.79 Å². The summed E-state index contributed by atoms with van der Waals surface area (Å²) >= 11 is 1.39. The van der Waals surface area contributed by atoms with E-state index in [0.717, 1.165) is 4.88 Å². The highest BCUT2D eigenvalue weighted by atomic mass is 32.1. The Bertz CT molecular complexity index is 417. The zero-order valence-corrected chi connectivity index (χ0v) is 11.3. The molecule has 0 aliphatic heterocycles. The lowest BCUT2D eigenvalue weighted by molar-refractivity contribution is -0.120. The minimum Gasteiger partial charge on any atom is -0.396 e. The number of aliphatic hydroxyl groups excluding tert-OH is 1. The molecule has 0 saturated heterocycles. The van der Waals surface area contributed by atoms with E-state index in [-0.39, 0.29) is 30.9 Å². The Kier molecular flexibility index (Phi) is 5.80. The normalized spacial score (nSPS) is 11.9. The molecule has 6 heteroatoms. The van der Waals surface area contributed by atoms with Crippen molar-refractivity contribution in [3.8, 4) is 0 Å². The molecule has 0 spiro atoms. The Balaban J connectivity index is 2.28. The van der Waals surface area contributed by atoms with Gasteiger partial charge in [0.2, 0.25) is 5.91 Å². The first-order chi connectivity index (χ1) is 8.52. The molecule has 0 aliphatic carbocycles. The maximum Gasteiger partial charge on any atom is 0.261 e. The van der Waals surface area contributed by atoms with Gasteiger partial charge in [0.15, 0.2) is 0 Å².